The van der Waals surface area contributed by atoms with Gasteiger partial charge in [0.15, 0.2) is 0 Å². The summed E-state index contributed by atoms with van der Waals surface area (Å²) >= 11 is 0. The van der Waals surface area contributed by atoms with Gasteiger partial charge in [-0.1, -0.05) is 6.08 Å². The number of hydrogen-bond donors (Lipinski definition) is 1. The van der Waals surface area contributed by atoms with Gasteiger partial charge < -0.3 is 10.1 Å². The van der Waals surface area contributed by atoms with E-state index in [0.717, 1.165) is 18.9 Å². The van der Waals surface area contributed by atoms with Gasteiger partial charge in [-0.15, -0.1) is 0 Å². The summed E-state index contributed by atoms with van der Waals surface area (Å²) in [5, 5.41) is 3.33. The van der Waals surface area contributed by atoms with Gasteiger partial charge in [-0.2, -0.15) is 0 Å². The molecule has 1 atom stereocenters. The normalized spacial score (nSPS) is 30.2. The molecular weight excluding hydrogens is 162 g/mol. The van der Waals surface area contributed by atoms with E-state index in [-0.39, 0.29) is 0 Å². The van der Waals surface area contributed by atoms with Gasteiger partial charge in [-0.05, 0) is 24.8 Å². The molecule has 2 aliphatic heterocycles. The first-order valence-electron chi connectivity index (χ1n) is 4.91. The Morgan fingerprint density at radius 3 is 3.46 bits per heavy atom. The lowest BCUT2D eigenvalue weighted by molar-refractivity contribution is 0.271. The van der Waals surface area contributed by atoms with E-state index >= 15 is 0 Å². The van der Waals surface area contributed by atoms with Gasteiger partial charge in [0.25, 0.3) is 0 Å². The molecule has 0 radical (unpaired) electrons. The van der Waals surface area contributed by atoms with Crippen LogP contribution in [0, 0.1) is 5.92 Å². The van der Waals surface area contributed by atoms with Crippen LogP contribution in [0.5, 0.6) is 0 Å². The minimum Gasteiger partial charge on any atom is -0.489 e. The van der Waals surface area contributed by atoms with E-state index in [1.807, 2.05) is 0 Å². The van der Waals surface area contributed by atoms with Crippen LogP contribution in [0.4, 0.5) is 0 Å². The zero-order valence-electron chi connectivity index (χ0n) is 7.55. The largest absolute Gasteiger partial charge is 0.489 e. The van der Waals surface area contributed by atoms with Crippen molar-refractivity contribution in [2.45, 2.75) is 12.8 Å². The van der Waals surface area contributed by atoms with Crippen molar-refractivity contribution >= 4 is 0 Å². The van der Waals surface area contributed by atoms with E-state index in [4.69, 9.17) is 4.74 Å². The van der Waals surface area contributed by atoms with Crippen LogP contribution in [0.2, 0.25) is 0 Å². The molecule has 1 aliphatic carbocycles. The lowest BCUT2D eigenvalue weighted by Crippen LogP contribution is -2.11. The Bertz CT molecular complexity index is 325. The van der Waals surface area contributed by atoms with E-state index in [1.165, 1.54) is 24.0 Å². The Hall–Kier alpha value is -1.18. The molecule has 68 valence electrons. The first-order chi connectivity index (χ1) is 6.45. The molecule has 1 N–H and O–H groups in total. The third-order valence-corrected chi connectivity index (χ3v) is 3.01. The highest BCUT2D eigenvalue weighted by Crippen LogP contribution is 2.38. The molecule has 0 saturated carbocycles. The monoisotopic (exact) mass is 175 g/mol. The number of ether oxygens (including phenoxy) is 1. The number of hydrogen-bond acceptors (Lipinski definition) is 2. The molecule has 3 rings (SSSR count). The summed E-state index contributed by atoms with van der Waals surface area (Å²) in [5.74, 6) is 1.81. The maximum absolute atomic E-state index is 5.61. The third kappa shape index (κ3) is 1.01. The Morgan fingerprint density at radius 2 is 2.46 bits per heavy atom. The molecule has 1 unspecified atom stereocenters. The highest BCUT2D eigenvalue weighted by Gasteiger charge is 2.29. The van der Waals surface area contributed by atoms with Crippen LogP contribution in [-0.2, 0) is 4.74 Å². The molecule has 0 aromatic rings. The second-order valence-corrected chi connectivity index (χ2v) is 3.81. The van der Waals surface area contributed by atoms with Gasteiger partial charge >= 0.3 is 0 Å². The summed E-state index contributed by atoms with van der Waals surface area (Å²) in [4.78, 5) is 0. The zero-order chi connectivity index (χ0) is 8.67. The second-order valence-electron chi connectivity index (χ2n) is 3.81. The molecule has 2 heteroatoms. The summed E-state index contributed by atoms with van der Waals surface area (Å²) in [5.41, 5.74) is 2.83. The molecule has 0 saturated heterocycles. The summed E-state index contributed by atoms with van der Waals surface area (Å²) < 4.78 is 5.61. The van der Waals surface area contributed by atoms with Crippen LogP contribution in [0.15, 0.2) is 35.3 Å². The van der Waals surface area contributed by atoms with E-state index in [9.17, 15) is 0 Å². The van der Waals surface area contributed by atoms with Gasteiger partial charge in [-0.3, -0.25) is 0 Å². The zero-order valence-corrected chi connectivity index (χ0v) is 7.55. The van der Waals surface area contributed by atoms with Crippen LogP contribution in [0.1, 0.15) is 12.8 Å². The van der Waals surface area contributed by atoms with E-state index in [1.54, 1.807) is 0 Å². The third-order valence-electron chi connectivity index (χ3n) is 3.01. The van der Waals surface area contributed by atoms with E-state index < -0.39 is 0 Å². The summed E-state index contributed by atoms with van der Waals surface area (Å²) in [7, 11) is 0. The Balaban J connectivity index is 2.09. The molecule has 2 nitrogen and oxygen atoms in total. The van der Waals surface area contributed by atoms with Crippen molar-refractivity contribution in [3.05, 3.63) is 35.3 Å². The van der Waals surface area contributed by atoms with Crippen LogP contribution in [-0.4, -0.2) is 13.2 Å². The highest BCUT2D eigenvalue weighted by molar-refractivity contribution is 5.46. The molecular formula is C11H13NO. The molecule has 0 aromatic heterocycles. The Kier molecular flexibility index (Phi) is 1.48. The first-order valence-corrected chi connectivity index (χ1v) is 4.91. The highest BCUT2D eigenvalue weighted by atomic mass is 16.5. The fourth-order valence-electron chi connectivity index (χ4n) is 2.36. The smallest absolute Gasteiger partial charge is 0.123 e. The topological polar surface area (TPSA) is 21.3 Å². The summed E-state index contributed by atoms with van der Waals surface area (Å²) in [6, 6.07) is 0. The fourth-order valence-corrected chi connectivity index (χ4v) is 2.36. The molecule has 2 heterocycles. The van der Waals surface area contributed by atoms with Gasteiger partial charge in [0.05, 0.1) is 0 Å². The lowest BCUT2D eigenvalue weighted by atomic mass is 9.86. The second kappa shape index (κ2) is 2.66. The molecule has 0 fully saturated rings. The average Bonchev–Trinajstić information content (AvgIpc) is 2.44. The van der Waals surface area contributed by atoms with Crippen LogP contribution >= 0.6 is 0 Å². The SMILES string of the molecule is C1=CC2=C3C(=CNCCC3C1)CO2. The quantitative estimate of drug-likeness (QED) is 0.605. The maximum Gasteiger partial charge on any atom is 0.123 e. The van der Waals surface area contributed by atoms with Gasteiger partial charge in [0, 0.05) is 23.9 Å². The minimum atomic E-state index is 0.698. The first kappa shape index (κ1) is 7.25. The predicted octanol–water partition coefficient (Wildman–Crippen LogP) is 1.72. The van der Waals surface area contributed by atoms with Gasteiger partial charge in [-0.25, -0.2) is 0 Å². The van der Waals surface area contributed by atoms with Crippen molar-refractivity contribution < 1.29 is 4.74 Å². The van der Waals surface area contributed by atoms with E-state index in [0.29, 0.717) is 5.92 Å². The van der Waals surface area contributed by atoms with Crippen LogP contribution in [0.25, 0.3) is 0 Å². The lowest BCUT2D eigenvalue weighted by Gasteiger charge is -2.17. The molecule has 0 bridgehead atoms. The fraction of sp³-hybridized carbons (Fsp3) is 0.455. The molecule has 0 amide bonds. The summed E-state index contributed by atoms with van der Waals surface area (Å²) in [6.07, 6.45) is 8.89. The molecule has 3 aliphatic rings. The van der Waals surface area contributed by atoms with Crippen molar-refractivity contribution in [3.63, 3.8) is 0 Å². The van der Waals surface area contributed by atoms with Crippen molar-refractivity contribution in [2.75, 3.05) is 13.2 Å². The maximum atomic E-state index is 5.61. The number of rotatable bonds is 0. The van der Waals surface area contributed by atoms with Crippen LogP contribution < -0.4 is 5.32 Å². The predicted molar refractivity (Wildman–Crippen MR) is 50.9 cm³/mol. The van der Waals surface area contributed by atoms with E-state index in [2.05, 4.69) is 23.7 Å². The number of allylic oxidation sites excluding steroid dienone is 2. The summed E-state index contributed by atoms with van der Waals surface area (Å²) in [6.45, 7) is 1.86. The van der Waals surface area contributed by atoms with Crippen molar-refractivity contribution in [2.24, 2.45) is 5.92 Å². The Morgan fingerprint density at radius 1 is 1.46 bits per heavy atom. The molecule has 0 aromatic carbocycles. The molecule has 13 heavy (non-hydrogen) atoms. The standard InChI is InChI=1S/C11H13NO/c1-2-8-4-5-12-6-9-7-13-10(3-1)11(8)9/h1,3,6,8,12H,2,4-5,7H2. The van der Waals surface area contributed by atoms with Crippen LogP contribution in [0.3, 0.4) is 0 Å². The van der Waals surface area contributed by atoms with Crippen molar-refractivity contribution in [3.8, 4) is 0 Å². The van der Waals surface area contributed by atoms with Gasteiger partial charge in [0.1, 0.15) is 12.4 Å². The Labute approximate surface area is 78.0 Å². The van der Waals surface area contributed by atoms with Gasteiger partial charge in [0.2, 0.25) is 0 Å². The van der Waals surface area contributed by atoms with Crippen molar-refractivity contribution in [1.29, 1.82) is 0 Å². The average molecular weight is 175 g/mol. The molecule has 0 spiro atoms. The number of nitrogens with one attached hydrogen (secondary N) is 1. The van der Waals surface area contributed by atoms with Crippen molar-refractivity contribution in [1.82, 2.24) is 5.32 Å². The minimum absolute atomic E-state index is 0.698.